The fraction of sp³-hybridized carbons (Fsp3) is 0.625. The van der Waals surface area contributed by atoms with Gasteiger partial charge in [-0.1, -0.05) is 26.7 Å². The van der Waals surface area contributed by atoms with Crippen molar-refractivity contribution < 1.29 is 14.0 Å². The van der Waals surface area contributed by atoms with Crippen LogP contribution in [-0.4, -0.2) is 41.3 Å². The largest absolute Gasteiger partial charge is 0.449 e. The lowest BCUT2D eigenvalue weighted by Crippen LogP contribution is -2.43. The average molecular weight is 412 g/mol. The summed E-state index contributed by atoms with van der Waals surface area (Å²) in [4.78, 5) is 31.5. The van der Waals surface area contributed by atoms with Gasteiger partial charge in [0.1, 0.15) is 0 Å². The van der Waals surface area contributed by atoms with E-state index in [1.54, 1.807) is 18.5 Å². The van der Waals surface area contributed by atoms with Crippen molar-refractivity contribution in [2.45, 2.75) is 58.8 Å². The van der Waals surface area contributed by atoms with Gasteiger partial charge in [-0.05, 0) is 55.6 Å². The van der Waals surface area contributed by atoms with Crippen LogP contribution in [0.15, 0.2) is 28.9 Å². The summed E-state index contributed by atoms with van der Waals surface area (Å²) < 4.78 is 5.60. The summed E-state index contributed by atoms with van der Waals surface area (Å²) in [7, 11) is 0. The Hall–Kier alpha value is -2.37. The standard InChI is InChI=1S/C24H33N3O3/c1-3-5-17(6-4-2)23(29)27-11-8-24(9-12-27)14-19(24)15-26-22(28)20-13-18-7-10-25-16-21(18)30-20/h7,10,13,16-17,19H,3-6,8-9,11-12,14-15H2,1-2H3,(H,26,28). The molecular formula is C24H33N3O3. The smallest absolute Gasteiger partial charge is 0.287 e. The molecule has 30 heavy (non-hydrogen) atoms. The third-order valence-electron chi connectivity index (χ3n) is 7.11. The first-order valence-electron chi connectivity index (χ1n) is 11.5. The summed E-state index contributed by atoms with van der Waals surface area (Å²) in [5.74, 6) is 1.24. The average Bonchev–Trinajstić information content (AvgIpc) is 3.23. The minimum absolute atomic E-state index is 0.164. The van der Waals surface area contributed by atoms with Gasteiger partial charge in [0.2, 0.25) is 5.91 Å². The molecule has 1 aliphatic heterocycles. The molecule has 2 fully saturated rings. The number of carbonyl (C=O) groups excluding carboxylic acids is 2. The lowest BCUT2D eigenvalue weighted by atomic mass is 9.89. The Kier molecular flexibility index (Phi) is 6.11. The molecule has 2 aromatic heterocycles. The SMILES string of the molecule is CCCC(CCC)C(=O)N1CCC2(CC1)CC2CNC(=O)c1cc2ccncc2o1. The van der Waals surface area contributed by atoms with E-state index in [1.165, 1.54) is 0 Å². The highest BCUT2D eigenvalue weighted by atomic mass is 16.3. The van der Waals surface area contributed by atoms with Crippen molar-refractivity contribution in [3.05, 3.63) is 30.3 Å². The molecule has 1 aliphatic carbocycles. The van der Waals surface area contributed by atoms with Gasteiger partial charge in [-0.3, -0.25) is 14.6 Å². The molecule has 1 N–H and O–H groups in total. The Morgan fingerprint density at radius 1 is 1.27 bits per heavy atom. The van der Waals surface area contributed by atoms with Crippen LogP contribution in [0.5, 0.6) is 0 Å². The van der Waals surface area contributed by atoms with E-state index in [4.69, 9.17) is 4.42 Å². The van der Waals surface area contributed by atoms with Crippen molar-refractivity contribution in [1.82, 2.24) is 15.2 Å². The molecule has 0 aromatic carbocycles. The first kappa shape index (κ1) is 20.9. The van der Waals surface area contributed by atoms with Gasteiger partial charge in [0, 0.05) is 37.1 Å². The highest BCUT2D eigenvalue weighted by molar-refractivity contribution is 5.95. The van der Waals surface area contributed by atoms with Crippen LogP contribution in [0, 0.1) is 17.3 Å². The van der Waals surface area contributed by atoms with Crippen molar-refractivity contribution in [3.63, 3.8) is 0 Å². The van der Waals surface area contributed by atoms with Crippen molar-refractivity contribution in [2.75, 3.05) is 19.6 Å². The third kappa shape index (κ3) is 4.23. The van der Waals surface area contributed by atoms with Gasteiger partial charge in [0.25, 0.3) is 5.91 Å². The molecule has 162 valence electrons. The van der Waals surface area contributed by atoms with Gasteiger partial charge in [-0.25, -0.2) is 0 Å². The molecule has 1 unspecified atom stereocenters. The van der Waals surface area contributed by atoms with Crippen molar-refractivity contribution in [3.8, 4) is 0 Å². The van der Waals surface area contributed by atoms with E-state index in [-0.39, 0.29) is 11.8 Å². The molecule has 1 saturated heterocycles. The lowest BCUT2D eigenvalue weighted by Gasteiger charge is -2.35. The highest BCUT2D eigenvalue weighted by Crippen LogP contribution is 2.59. The number of hydrogen-bond donors (Lipinski definition) is 1. The summed E-state index contributed by atoms with van der Waals surface area (Å²) in [5.41, 5.74) is 0.944. The van der Waals surface area contributed by atoms with E-state index >= 15 is 0 Å². The number of furan rings is 1. The monoisotopic (exact) mass is 411 g/mol. The van der Waals surface area contributed by atoms with Crippen molar-refractivity contribution >= 4 is 22.8 Å². The molecule has 1 spiro atoms. The number of aromatic nitrogens is 1. The number of fused-ring (bicyclic) bond motifs is 1. The van der Waals surface area contributed by atoms with E-state index < -0.39 is 0 Å². The molecule has 2 amide bonds. The fourth-order valence-electron chi connectivity index (χ4n) is 5.15. The number of pyridine rings is 1. The minimum Gasteiger partial charge on any atom is -0.449 e. The van der Waals surface area contributed by atoms with Crippen LogP contribution < -0.4 is 5.32 Å². The molecule has 0 radical (unpaired) electrons. The lowest BCUT2D eigenvalue weighted by molar-refractivity contribution is -0.137. The number of likely N-dealkylation sites (tertiary alicyclic amines) is 1. The second-order valence-corrected chi connectivity index (χ2v) is 9.10. The number of rotatable bonds is 8. The minimum atomic E-state index is -0.164. The number of carbonyl (C=O) groups is 2. The Labute approximate surface area is 178 Å². The van der Waals surface area contributed by atoms with E-state index in [0.29, 0.717) is 35.1 Å². The molecule has 0 bridgehead atoms. The fourth-order valence-corrected chi connectivity index (χ4v) is 5.15. The van der Waals surface area contributed by atoms with Gasteiger partial charge in [-0.15, -0.1) is 0 Å². The van der Waals surface area contributed by atoms with Crippen LogP contribution >= 0.6 is 0 Å². The predicted molar refractivity (Wildman–Crippen MR) is 116 cm³/mol. The summed E-state index contributed by atoms with van der Waals surface area (Å²) in [6.45, 7) is 6.73. The molecule has 4 rings (SSSR count). The maximum Gasteiger partial charge on any atom is 0.287 e. The molecule has 2 aromatic rings. The first-order chi connectivity index (χ1) is 14.6. The topological polar surface area (TPSA) is 75.4 Å². The van der Waals surface area contributed by atoms with Crippen molar-refractivity contribution in [2.24, 2.45) is 17.3 Å². The Morgan fingerprint density at radius 2 is 2.00 bits per heavy atom. The highest BCUT2D eigenvalue weighted by Gasteiger charge is 2.55. The zero-order valence-electron chi connectivity index (χ0n) is 18.2. The number of amides is 2. The van der Waals surface area contributed by atoms with E-state index in [0.717, 1.165) is 63.4 Å². The molecule has 1 atom stereocenters. The summed E-state index contributed by atoms with van der Waals surface area (Å²) in [6.07, 6.45) is 10.7. The maximum atomic E-state index is 12.9. The van der Waals surface area contributed by atoms with E-state index in [1.807, 2.05) is 6.07 Å². The summed E-state index contributed by atoms with van der Waals surface area (Å²) >= 11 is 0. The number of hydrogen-bond acceptors (Lipinski definition) is 4. The maximum absolute atomic E-state index is 12.9. The van der Waals surface area contributed by atoms with E-state index in [2.05, 4.69) is 29.0 Å². The zero-order chi connectivity index (χ0) is 21.1. The Balaban J connectivity index is 1.25. The second-order valence-electron chi connectivity index (χ2n) is 9.10. The predicted octanol–water partition coefficient (Wildman–Crippen LogP) is 4.40. The Bertz CT molecular complexity index is 859. The summed E-state index contributed by atoms with van der Waals surface area (Å²) in [5, 5.41) is 3.93. The number of nitrogens with zero attached hydrogens (tertiary/aromatic N) is 2. The van der Waals surface area contributed by atoms with Gasteiger partial charge >= 0.3 is 0 Å². The van der Waals surface area contributed by atoms with Gasteiger partial charge in [0.15, 0.2) is 11.3 Å². The third-order valence-corrected chi connectivity index (χ3v) is 7.11. The molecule has 3 heterocycles. The zero-order valence-corrected chi connectivity index (χ0v) is 18.2. The molecule has 6 heteroatoms. The van der Waals surface area contributed by atoms with Crippen LogP contribution in [0.25, 0.3) is 11.0 Å². The van der Waals surface area contributed by atoms with Crippen molar-refractivity contribution in [1.29, 1.82) is 0 Å². The van der Waals surface area contributed by atoms with Gasteiger partial charge in [-0.2, -0.15) is 0 Å². The number of nitrogens with one attached hydrogen (secondary N) is 1. The summed E-state index contributed by atoms with van der Waals surface area (Å²) in [6, 6.07) is 3.61. The van der Waals surface area contributed by atoms with Crippen LogP contribution in [0.3, 0.4) is 0 Å². The second kappa shape index (κ2) is 8.78. The normalized spacial score (nSPS) is 20.1. The van der Waals surface area contributed by atoms with Crippen LogP contribution in [0.2, 0.25) is 0 Å². The van der Waals surface area contributed by atoms with Gasteiger partial charge < -0.3 is 14.6 Å². The van der Waals surface area contributed by atoms with Crippen LogP contribution in [0.1, 0.15) is 69.3 Å². The molecule has 2 aliphatic rings. The molecule has 6 nitrogen and oxygen atoms in total. The van der Waals surface area contributed by atoms with Crippen LogP contribution in [0.4, 0.5) is 0 Å². The van der Waals surface area contributed by atoms with Crippen LogP contribution in [-0.2, 0) is 4.79 Å². The molecular weight excluding hydrogens is 378 g/mol. The quantitative estimate of drug-likeness (QED) is 0.698. The molecule has 1 saturated carbocycles. The Morgan fingerprint density at radius 3 is 2.67 bits per heavy atom. The van der Waals surface area contributed by atoms with E-state index in [9.17, 15) is 9.59 Å². The number of piperidine rings is 1. The first-order valence-corrected chi connectivity index (χ1v) is 11.5. The van der Waals surface area contributed by atoms with Gasteiger partial charge in [0.05, 0.1) is 6.20 Å².